The molecule has 1 aromatic carbocycles. The average Bonchev–Trinajstić information content (AvgIpc) is 2.10. The molecule has 1 rings (SSSR count). The number of benzene rings is 1. The van der Waals surface area contributed by atoms with Crippen molar-refractivity contribution < 1.29 is 5.11 Å². The number of nitrogens with one attached hydrogen (secondary N) is 1. The minimum Gasteiger partial charge on any atom is -0.508 e. The fourth-order valence-electron chi connectivity index (χ4n) is 1.30. The highest BCUT2D eigenvalue weighted by atomic mass is 16.3. The molecule has 2 N–H and O–H groups in total. The Morgan fingerprint density at radius 3 is 2.71 bits per heavy atom. The fourth-order valence-corrected chi connectivity index (χ4v) is 1.30. The van der Waals surface area contributed by atoms with Crippen molar-refractivity contribution in [2.45, 2.75) is 27.2 Å². The van der Waals surface area contributed by atoms with Gasteiger partial charge in [-0.3, -0.25) is 0 Å². The third kappa shape index (κ3) is 3.29. The van der Waals surface area contributed by atoms with Crippen LogP contribution in [0, 0.1) is 12.8 Å². The fraction of sp³-hybridized carbons (Fsp3) is 0.500. The van der Waals surface area contributed by atoms with E-state index in [1.807, 2.05) is 13.0 Å². The molecule has 0 heterocycles. The zero-order valence-electron chi connectivity index (χ0n) is 9.17. The lowest BCUT2D eigenvalue weighted by Gasteiger charge is -2.11. The molecule has 0 unspecified atom stereocenters. The van der Waals surface area contributed by atoms with Crippen molar-refractivity contribution in [3.8, 4) is 5.75 Å². The molecule has 0 aliphatic rings. The summed E-state index contributed by atoms with van der Waals surface area (Å²) < 4.78 is 0. The Kier molecular flexibility index (Phi) is 3.81. The molecule has 2 heteroatoms. The quantitative estimate of drug-likeness (QED) is 0.769. The molecule has 2 nitrogen and oxygen atoms in total. The Morgan fingerprint density at radius 2 is 2.07 bits per heavy atom. The van der Waals surface area contributed by atoms with E-state index in [1.165, 1.54) is 5.56 Å². The normalized spacial score (nSPS) is 10.6. The van der Waals surface area contributed by atoms with Crippen LogP contribution in [-0.4, -0.2) is 11.7 Å². The molecule has 0 aliphatic heterocycles. The van der Waals surface area contributed by atoms with Gasteiger partial charge < -0.3 is 10.4 Å². The maximum absolute atomic E-state index is 9.31. The van der Waals surface area contributed by atoms with Gasteiger partial charge in [0.15, 0.2) is 0 Å². The van der Waals surface area contributed by atoms with Crippen molar-refractivity contribution in [2.24, 2.45) is 5.92 Å². The molecule has 0 saturated heterocycles. The Bertz CT molecular complexity index is 294. The molecular formula is C12H19NO. The van der Waals surface area contributed by atoms with Crippen LogP contribution in [0.25, 0.3) is 0 Å². The van der Waals surface area contributed by atoms with Crippen molar-refractivity contribution in [3.05, 3.63) is 23.8 Å². The van der Waals surface area contributed by atoms with Crippen molar-refractivity contribution >= 4 is 5.69 Å². The minimum atomic E-state index is 0.322. The first-order valence-electron chi connectivity index (χ1n) is 5.13. The molecule has 0 saturated carbocycles. The van der Waals surface area contributed by atoms with Crippen LogP contribution >= 0.6 is 0 Å². The van der Waals surface area contributed by atoms with Crippen LogP contribution in [0.15, 0.2) is 18.2 Å². The number of phenolic OH excluding ortho intramolecular Hbond substituents is 1. The zero-order chi connectivity index (χ0) is 10.6. The standard InChI is InChI=1S/C12H19NO/c1-9(2)6-7-13-12-8-11(14)5-4-10(12)3/h4-5,8-9,13-14H,6-7H2,1-3H3. The highest BCUT2D eigenvalue weighted by molar-refractivity contribution is 5.54. The van der Waals surface area contributed by atoms with Gasteiger partial charge in [-0.15, -0.1) is 0 Å². The maximum atomic E-state index is 9.31. The van der Waals surface area contributed by atoms with Gasteiger partial charge in [0.1, 0.15) is 5.75 Å². The highest BCUT2D eigenvalue weighted by Crippen LogP contribution is 2.20. The number of anilines is 1. The number of rotatable bonds is 4. The predicted molar refractivity (Wildman–Crippen MR) is 60.8 cm³/mol. The van der Waals surface area contributed by atoms with E-state index in [0.717, 1.165) is 18.7 Å². The molecule has 0 aliphatic carbocycles. The monoisotopic (exact) mass is 193 g/mol. The summed E-state index contributed by atoms with van der Waals surface area (Å²) in [5.74, 6) is 1.03. The van der Waals surface area contributed by atoms with Crippen LogP contribution in [0.5, 0.6) is 5.75 Å². The van der Waals surface area contributed by atoms with E-state index in [9.17, 15) is 5.11 Å². The largest absolute Gasteiger partial charge is 0.508 e. The summed E-state index contributed by atoms with van der Waals surface area (Å²) in [6.07, 6.45) is 1.15. The Labute approximate surface area is 86.0 Å². The summed E-state index contributed by atoms with van der Waals surface area (Å²) in [4.78, 5) is 0. The molecule has 0 fully saturated rings. The van der Waals surface area contributed by atoms with Crippen molar-refractivity contribution in [1.82, 2.24) is 0 Å². The van der Waals surface area contributed by atoms with Gasteiger partial charge in [0.25, 0.3) is 0 Å². The lowest BCUT2D eigenvalue weighted by Crippen LogP contribution is -2.05. The first-order valence-corrected chi connectivity index (χ1v) is 5.13. The van der Waals surface area contributed by atoms with Gasteiger partial charge in [-0.1, -0.05) is 19.9 Å². The SMILES string of the molecule is Cc1ccc(O)cc1NCCC(C)C. The van der Waals surface area contributed by atoms with E-state index in [4.69, 9.17) is 0 Å². The first-order chi connectivity index (χ1) is 6.59. The number of phenols is 1. The summed E-state index contributed by atoms with van der Waals surface area (Å²) in [5.41, 5.74) is 2.21. The molecular weight excluding hydrogens is 174 g/mol. The molecule has 0 radical (unpaired) electrons. The molecule has 0 bridgehead atoms. The molecule has 0 atom stereocenters. The third-order valence-electron chi connectivity index (χ3n) is 2.26. The number of hydrogen-bond donors (Lipinski definition) is 2. The van der Waals surface area contributed by atoms with Crippen LogP contribution in [0.4, 0.5) is 5.69 Å². The van der Waals surface area contributed by atoms with Crippen molar-refractivity contribution in [1.29, 1.82) is 0 Å². The van der Waals surface area contributed by atoms with Gasteiger partial charge in [0.05, 0.1) is 0 Å². The summed E-state index contributed by atoms with van der Waals surface area (Å²) in [5, 5.41) is 12.6. The second kappa shape index (κ2) is 4.89. The van der Waals surface area contributed by atoms with Crippen molar-refractivity contribution in [2.75, 3.05) is 11.9 Å². The maximum Gasteiger partial charge on any atom is 0.117 e. The smallest absolute Gasteiger partial charge is 0.117 e. The van der Waals surface area contributed by atoms with Crippen LogP contribution < -0.4 is 5.32 Å². The lowest BCUT2D eigenvalue weighted by atomic mass is 10.1. The zero-order valence-corrected chi connectivity index (χ0v) is 9.17. The van der Waals surface area contributed by atoms with Crippen molar-refractivity contribution in [3.63, 3.8) is 0 Å². The predicted octanol–water partition coefficient (Wildman–Crippen LogP) is 3.16. The van der Waals surface area contributed by atoms with E-state index < -0.39 is 0 Å². The summed E-state index contributed by atoms with van der Waals surface area (Å²) >= 11 is 0. The number of aromatic hydroxyl groups is 1. The van der Waals surface area contributed by atoms with E-state index in [-0.39, 0.29) is 0 Å². The second-order valence-electron chi connectivity index (χ2n) is 4.11. The average molecular weight is 193 g/mol. The number of aryl methyl sites for hydroxylation is 1. The van der Waals surface area contributed by atoms with Gasteiger partial charge in [-0.25, -0.2) is 0 Å². The molecule has 0 amide bonds. The van der Waals surface area contributed by atoms with Crippen LogP contribution in [0.2, 0.25) is 0 Å². The highest BCUT2D eigenvalue weighted by Gasteiger charge is 1.99. The minimum absolute atomic E-state index is 0.322. The Hall–Kier alpha value is -1.18. The van der Waals surface area contributed by atoms with Gasteiger partial charge in [-0.05, 0) is 30.9 Å². The van der Waals surface area contributed by atoms with Crippen LogP contribution in [-0.2, 0) is 0 Å². The number of hydrogen-bond acceptors (Lipinski definition) is 2. The van der Waals surface area contributed by atoms with E-state index in [2.05, 4.69) is 19.2 Å². The van der Waals surface area contributed by atoms with E-state index in [0.29, 0.717) is 11.7 Å². The third-order valence-corrected chi connectivity index (χ3v) is 2.26. The molecule has 1 aromatic rings. The van der Waals surface area contributed by atoms with Gasteiger partial charge in [0.2, 0.25) is 0 Å². The Balaban J connectivity index is 2.53. The summed E-state index contributed by atoms with van der Waals surface area (Å²) in [6.45, 7) is 7.41. The Morgan fingerprint density at radius 1 is 1.36 bits per heavy atom. The van der Waals surface area contributed by atoms with Gasteiger partial charge in [-0.2, -0.15) is 0 Å². The van der Waals surface area contributed by atoms with E-state index >= 15 is 0 Å². The molecule has 0 aromatic heterocycles. The van der Waals surface area contributed by atoms with Gasteiger partial charge in [0, 0.05) is 18.3 Å². The lowest BCUT2D eigenvalue weighted by molar-refractivity contribution is 0.475. The van der Waals surface area contributed by atoms with E-state index in [1.54, 1.807) is 12.1 Å². The van der Waals surface area contributed by atoms with Crippen LogP contribution in [0.1, 0.15) is 25.8 Å². The molecule has 0 spiro atoms. The molecule has 14 heavy (non-hydrogen) atoms. The van der Waals surface area contributed by atoms with Crippen LogP contribution in [0.3, 0.4) is 0 Å². The molecule has 78 valence electrons. The van der Waals surface area contributed by atoms with Gasteiger partial charge >= 0.3 is 0 Å². The summed E-state index contributed by atoms with van der Waals surface area (Å²) in [7, 11) is 0. The second-order valence-corrected chi connectivity index (χ2v) is 4.11. The first kappa shape index (κ1) is 10.9. The topological polar surface area (TPSA) is 32.3 Å². The summed E-state index contributed by atoms with van der Waals surface area (Å²) in [6, 6.07) is 5.41.